The molecule has 0 saturated carbocycles. The Balaban J connectivity index is 2.23. The number of carbonyl (C=O) groups is 1. The van der Waals surface area contributed by atoms with E-state index in [4.69, 9.17) is 13.9 Å². The number of hydrogen-bond acceptors (Lipinski definition) is 6. The summed E-state index contributed by atoms with van der Waals surface area (Å²) in [5, 5.41) is 3.48. The average molecular weight is 319 g/mol. The van der Waals surface area contributed by atoms with Crippen LogP contribution in [-0.2, 0) is 14.3 Å². The summed E-state index contributed by atoms with van der Waals surface area (Å²) in [5.41, 5.74) is 0.585. The third kappa shape index (κ3) is 4.56. The van der Waals surface area contributed by atoms with Crippen LogP contribution in [0.15, 0.2) is 39.7 Å². The van der Waals surface area contributed by atoms with Crippen LogP contribution < -0.4 is 10.7 Å². The van der Waals surface area contributed by atoms with Crippen LogP contribution in [0.3, 0.4) is 0 Å². The van der Waals surface area contributed by atoms with Crippen LogP contribution in [0.2, 0.25) is 0 Å². The van der Waals surface area contributed by atoms with E-state index in [9.17, 15) is 9.59 Å². The highest BCUT2D eigenvalue weighted by molar-refractivity contribution is 5.83. The molecule has 0 bridgehead atoms. The molecule has 1 atom stereocenters. The zero-order chi connectivity index (χ0) is 17.0. The number of hydrogen-bond donors (Lipinski definition) is 1. The van der Waals surface area contributed by atoms with Gasteiger partial charge in [0.15, 0.2) is 5.43 Å². The van der Waals surface area contributed by atoms with Gasteiger partial charge in [0, 0.05) is 11.8 Å². The Morgan fingerprint density at radius 1 is 1.30 bits per heavy atom. The van der Waals surface area contributed by atoms with Crippen LogP contribution in [0, 0.1) is 0 Å². The van der Waals surface area contributed by atoms with E-state index in [0.717, 1.165) is 0 Å². The SMILES string of the molecule is COC(=O)C(COC(C)(C)C)Nc1ccc2occc(=O)c2c1. The van der Waals surface area contributed by atoms with Crippen molar-refractivity contribution >= 4 is 22.6 Å². The Morgan fingerprint density at radius 3 is 2.70 bits per heavy atom. The molecule has 1 heterocycles. The molecule has 23 heavy (non-hydrogen) atoms. The molecule has 2 aromatic rings. The Labute approximate surface area is 134 Å². The molecule has 0 fully saturated rings. The summed E-state index contributed by atoms with van der Waals surface area (Å²) in [7, 11) is 1.32. The second-order valence-electron chi connectivity index (χ2n) is 6.14. The molecule has 1 unspecified atom stereocenters. The fraction of sp³-hybridized carbons (Fsp3) is 0.412. The lowest BCUT2D eigenvalue weighted by molar-refractivity contribution is -0.144. The van der Waals surface area contributed by atoms with Gasteiger partial charge in [-0.2, -0.15) is 0 Å². The first kappa shape index (κ1) is 17.0. The molecule has 0 aliphatic carbocycles. The molecule has 1 aromatic heterocycles. The predicted octanol–water partition coefficient (Wildman–Crippen LogP) is 2.56. The van der Waals surface area contributed by atoms with Gasteiger partial charge in [0.2, 0.25) is 0 Å². The van der Waals surface area contributed by atoms with Crippen molar-refractivity contribution in [2.24, 2.45) is 0 Å². The monoisotopic (exact) mass is 319 g/mol. The summed E-state index contributed by atoms with van der Waals surface area (Å²) in [4.78, 5) is 23.8. The molecule has 6 nitrogen and oxygen atoms in total. The average Bonchev–Trinajstić information content (AvgIpc) is 2.50. The molecular weight excluding hydrogens is 298 g/mol. The van der Waals surface area contributed by atoms with Gasteiger partial charge in [-0.1, -0.05) is 0 Å². The van der Waals surface area contributed by atoms with E-state index in [0.29, 0.717) is 16.7 Å². The highest BCUT2D eigenvalue weighted by atomic mass is 16.5. The zero-order valence-corrected chi connectivity index (χ0v) is 13.7. The van der Waals surface area contributed by atoms with E-state index in [1.165, 1.54) is 19.4 Å². The van der Waals surface area contributed by atoms with Gasteiger partial charge in [0.05, 0.1) is 31.0 Å². The summed E-state index contributed by atoms with van der Waals surface area (Å²) < 4.78 is 15.7. The summed E-state index contributed by atoms with van der Waals surface area (Å²) in [6, 6.07) is 5.74. The second kappa shape index (κ2) is 6.83. The van der Waals surface area contributed by atoms with Crippen LogP contribution in [-0.4, -0.2) is 31.3 Å². The van der Waals surface area contributed by atoms with Crippen molar-refractivity contribution in [1.82, 2.24) is 0 Å². The van der Waals surface area contributed by atoms with Crippen molar-refractivity contribution in [2.45, 2.75) is 32.4 Å². The standard InChI is InChI=1S/C17H21NO5/c1-17(2,3)23-10-13(16(20)21-4)18-11-5-6-15-12(9-11)14(19)7-8-22-15/h5-9,13,18H,10H2,1-4H3. The van der Waals surface area contributed by atoms with E-state index >= 15 is 0 Å². The molecule has 1 aromatic carbocycles. The number of anilines is 1. The van der Waals surface area contributed by atoms with Crippen molar-refractivity contribution in [2.75, 3.05) is 19.0 Å². The molecule has 124 valence electrons. The maximum Gasteiger partial charge on any atom is 0.330 e. The Morgan fingerprint density at radius 2 is 2.04 bits per heavy atom. The lowest BCUT2D eigenvalue weighted by atomic mass is 10.1. The number of esters is 1. The first-order valence-corrected chi connectivity index (χ1v) is 7.30. The zero-order valence-electron chi connectivity index (χ0n) is 13.7. The minimum absolute atomic E-state index is 0.143. The maximum absolute atomic E-state index is 11.9. The molecule has 0 aliphatic heterocycles. The Kier molecular flexibility index (Phi) is 5.05. The topological polar surface area (TPSA) is 77.8 Å². The van der Waals surface area contributed by atoms with Crippen molar-refractivity contribution in [1.29, 1.82) is 0 Å². The molecule has 0 saturated heterocycles. The first-order chi connectivity index (χ1) is 10.8. The van der Waals surface area contributed by atoms with Gasteiger partial charge in [-0.3, -0.25) is 4.79 Å². The smallest absolute Gasteiger partial charge is 0.330 e. The van der Waals surface area contributed by atoms with Gasteiger partial charge in [-0.25, -0.2) is 4.79 Å². The van der Waals surface area contributed by atoms with Crippen molar-refractivity contribution in [3.63, 3.8) is 0 Å². The van der Waals surface area contributed by atoms with E-state index in [1.54, 1.807) is 18.2 Å². The maximum atomic E-state index is 11.9. The van der Waals surface area contributed by atoms with Crippen molar-refractivity contribution < 1.29 is 18.7 Å². The molecule has 0 radical (unpaired) electrons. The summed E-state index contributed by atoms with van der Waals surface area (Å²) in [5.74, 6) is -0.436. The first-order valence-electron chi connectivity index (χ1n) is 7.30. The summed E-state index contributed by atoms with van der Waals surface area (Å²) in [6.07, 6.45) is 1.35. The van der Waals surface area contributed by atoms with E-state index in [-0.39, 0.29) is 17.6 Å². The van der Waals surface area contributed by atoms with Gasteiger partial charge in [-0.05, 0) is 39.0 Å². The van der Waals surface area contributed by atoms with E-state index in [1.807, 2.05) is 20.8 Å². The number of methoxy groups -OCH3 is 1. The fourth-order valence-corrected chi connectivity index (χ4v) is 2.02. The normalized spacial score (nSPS) is 12.9. The number of ether oxygens (including phenoxy) is 2. The van der Waals surface area contributed by atoms with Crippen molar-refractivity contribution in [3.8, 4) is 0 Å². The highest BCUT2D eigenvalue weighted by Gasteiger charge is 2.22. The van der Waals surface area contributed by atoms with Crippen LogP contribution in [0.25, 0.3) is 11.0 Å². The summed E-state index contributed by atoms with van der Waals surface area (Å²) in [6.45, 7) is 5.87. The lowest BCUT2D eigenvalue weighted by Gasteiger charge is -2.24. The summed E-state index contributed by atoms with van der Waals surface area (Å²) >= 11 is 0. The fourth-order valence-electron chi connectivity index (χ4n) is 2.02. The predicted molar refractivity (Wildman–Crippen MR) is 87.6 cm³/mol. The highest BCUT2D eigenvalue weighted by Crippen LogP contribution is 2.18. The number of rotatable bonds is 5. The second-order valence-corrected chi connectivity index (χ2v) is 6.14. The minimum atomic E-state index is -0.674. The molecular formula is C17H21NO5. The van der Waals surface area contributed by atoms with Crippen LogP contribution in [0.1, 0.15) is 20.8 Å². The molecule has 0 spiro atoms. The van der Waals surface area contributed by atoms with Crippen LogP contribution >= 0.6 is 0 Å². The molecule has 0 aliphatic rings. The quantitative estimate of drug-likeness (QED) is 0.853. The van der Waals surface area contributed by atoms with Gasteiger partial charge in [0.1, 0.15) is 11.6 Å². The molecule has 6 heteroatoms. The van der Waals surface area contributed by atoms with Gasteiger partial charge in [0.25, 0.3) is 0 Å². The van der Waals surface area contributed by atoms with Gasteiger partial charge in [-0.15, -0.1) is 0 Å². The van der Waals surface area contributed by atoms with Crippen LogP contribution in [0.4, 0.5) is 5.69 Å². The number of carbonyl (C=O) groups excluding carboxylic acids is 1. The van der Waals surface area contributed by atoms with Gasteiger partial charge >= 0.3 is 5.97 Å². The Hall–Kier alpha value is -2.34. The van der Waals surface area contributed by atoms with Gasteiger partial charge < -0.3 is 19.2 Å². The van der Waals surface area contributed by atoms with Crippen molar-refractivity contribution in [3.05, 3.63) is 40.8 Å². The number of benzene rings is 1. The number of fused-ring (bicyclic) bond motifs is 1. The van der Waals surface area contributed by atoms with Crippen LogP contribution in [0.5, 0.6) is 0 Å². The number of nitrogens with one attached hydrogen (secondary N) is 1. The molecule has 1 N–H and O–H groups in total. The van der Waals surface area contributed by atoms with E-state index in [2.05, 4.69) is 5.32 Å². The minimum Gasteiger partial charge on any atom is -0.467 e. The molecule has 2 rings (SSSR count). The largest absolute Gasteiger partial charge is 0.467 e. The lowest BCUT2D eigenvalue weighted by Crippen LogP contribution is -2.38. The third-order valence-corrected chi connectivity index (χ3v) is 3.17. The third-order valence-electron chi connectivity index (χ3n) is 3.17. The Bertz CT molecular complexity index is 744. The van der Waals surface area contributed by atoms with E-state index < -0.39 is 12.0 Å². The molecule has 0 amide bonds.